The Kier molecular flexibility index (Phi) is 11.8. The Hall–Kier alpha value is 0. The highest BCUT2D eigenvalue weighted by Crippen LogP contribution is 2.28. The molecule has 0 N–H and O–H groups in total. The molecule has 0 rings (SSSR count). The van der Waals surface area contributed by atoms with Crippen molar-refractivity contribution in [3.63, 3.8) is 0 Å². The van der Waals surface area contributed by atoms with Gasteiger partial charge < -0.3 is 0 Å². The number of hydrogen-bond donors (Lipinski definition) is 0. The molecule has 3 atom stereocenters. The summed E-state index contributed by atoms with van der Waals surface area (Å²) in [5, 5.41) is 0. The van der Waals surface area contributed by atoms with E-state index in [1.807, 2.05) is 0 Å². The summed E-state index contributed by atoms with van der Waals surface area (Å²) in [6.07, 6.45) is 13.0. The predicted octanol–water partition coefficient (Wildman–Crippen LogP) is 7.08. The molecule has 0 bridgehead atoms. The van der Waals surface area contributed by atoms with E-state index in [0.29, 0.717) is 0 Å². The largest absolute Gasteiger partial charge is 0.0654 e. The molecule has 0 aliphatic heterocycles. The van der Waals surface area contributed by atoms with Gasteiger partial charge in [0.25, 0.3) is 0 Å². The smallest absolute Gasteiger partial charge is 0.0394 e. The van der Waals surface area contributed by atoms with Crippen molar-refractivity contribution in [2.24, 2.45) is 23.7 Å². The van der Waals surface area contributed by atoms with Gasteiger partial charge in [0.1, 0.15) is 0 Å². The molecule has 0 aliphatic carbocycles. The second-order valence-corrected chi connectivity index (χ2v) is 7.33. The second-order valence-electron chi connectivity index (χ2n) is 7.33. The normalized spacial score (nSPS) is 16.6. The Morgan fingerprint density at radius 1 is 0.684 bits per heavy atom. The summed E-state index contributed by atoms with van der Waals surface area (Å²) in [6, 6.07) is 0. The van der Waals surface area contributed by atoms with E-state index in [4.69, 9.17) is 0 Å². The Balaban J connectivity index is 3.51. The second kappa shape index (κ2) is 11.8. The summed E-state index contributed by atoms with van der Waals surface area (Å²) in [5.74, 6) is 3.52. The molecule has 0 aromatic carbocycles. The van der Waals surface area contributed by atoms with Crippen LogP contribution in [0.1, 0.15) is 99.3 Å². The molecule has 0 aliphatic rings. The lowest BCUT2D eigenvalue weighted by Crippen LogP contribution is -2.16. The van der Waals surface area contributed by atoms with Crippen molar-refractivity contribution in [3.05, 3.63) is 0 Å². The van der Waals surface area contributed by atoms with E-state index in [-0.39, 0.29) is 0 Å². The van der Waals surface area contributed by atoms with E-state index >= 15 is 0 Å². The van der Waals surface area contributed by atoms with Gasteiger partial charge in [0, 0.05) is 0 Å². The highest BCUT2D eigenvalue weighted by Gasteiger charge is 2.17. The fourth-order valence-electron chi connectivity index (χ4n) is 3.07. The highest BCUT2D eigenvalue weighted by molar-refractivity contribution is 4.68. The molecule has 0 amide bonds. The number of rotatable bonds is 12. The van der Waals surface area contributed by atoms with Crippen molar-refractivity contribution < 1.29 is 0 Å². The quantitative estimate of drug-likeness (QED) is 0.332. The van der Waals surface area contributed by atoms with Gasteiger partial charge in [-0.1, -0.05) is 92.9 Å². The Morgan fingerprint density at radius 2 is 1.21 bits per heavy atom. The molecular formula is C19H40. The minimum absolute atomic E-state index is 0.834. The minimum Gasteiger partial charge on any atom is -0.0654 e. The summed E-state index contributed by atoms with van der Waals surface area (Å²) in [6.45, 7) is 14.4. The zero-order chi connectivity index (χ0) is 14.7. The first-order valence-electron chi connectivity index (χ1n) is 8.99. The third-order valence-corrected chi connectivity index (χ3v) is 5.02. The van der Waals surface area contributed by atoms with Crippen LogP contribution >= 0.6 is 0 Å². The van der Waals surface area contributed by atoms with Crippen LogP contribution in [0.2, 0.25) is 0 Å². The van der Waals surface area contributed by atoms with Crippen LogP contribution in [-0.4, -0.2) is 0 Å². The molecule has 0 aromatic rings. The molecule has 0 aromatic heterocycles. The molecule has 0 saturated heterocycles. The topological polar surface area (TPSA) is 0 Å². The van der Waals surface area contributed by atoms with Crippen LogP contribution in [-0.2, 0) is 0 Å². The first-order chi connectivity index (χ1) is 8.99. The summed E-state index contributed by atoms with van der Waals surface area (Å²) >= 11 is 0. The van der Waals surface area contributed by atoms with Gasteiger partial charge >= 0.3 is 0 Å². The van der Waals surface area contributed by atoms with E-state index < -0.39 is 0 Å². The Bertz CT molecular complexity index is 182. The maximum absolute atomic E-state index is 2.46. The van der Waals surface area contributed by atoms with E-state index in [0.717, 1.165) is 23.7 Å². The van der Waals surface area contributed by atoms with Crippen molar-refractivity contribution in [1.82, 2.24) is 0 Å². The maximum Gasteiger partial charge on any atom is -0.0394 e. The van der Waals surface area contributed by atoms with Crippen molar-refractivity contribution in [3.8, 4) is 0 Å². The summed E-state index contributed by atoms with van der Waals surface area (Å²) in [7, 11) is 0. The van der Waals surface area contributed by atoms with Gasteiger partial charge in [0.2, 0.25) is 0 Å². The van der Waals surface area contributed by atoms with Crippen LogP contribution < -0.4 is 0 Å². The monoisotopic (exact) mass is 268 g/mol. The van der Waals surface area contributed by atoms with Crippen LogP contribution in [0.5, 0.6) is 0 Å². The maximum atomic E-state index is 2.46. The lowest BCUT2D eigenvalue weighted by molar-refractivity contribution is 0.246. The lowest BCUT2D eigenvalue weighted by Gasteiger charge is -2.26. The van der Waals surface area contributed by atoms with E-state index in [2.05, 4.69) is 41.5 Å². The van der Waals surface area contributed by atoms with Crippen molar-refractivity contribution in [2.45, 2.75) is 99.3 Å². The zero-order valence-electron chi connectivity index (χ0n) is 14.7. The third kappa shape index (κ3) is 10.4. The molecule has 116 valence electrons. The van der Waals surface area contributed by atoms with Crippen molar-refractivity contribution in [2.75, 3.05) is 0 Å². The van der Waals surface area contributed by atoms with Gasteiger partial charge in [-0.3, -0.25) is 0 Å². The lowest BCUT2D eigenvalue weighted by atomic mass is 9.80. The molecule has 0 heteroatoms. The molecule has 0 saturated carbocycles. The van der Waals surface area contributed by atoms with Gasteiger partial charge in [0.15, 0.2) is 0 Å². The van der Waals surface area contributed by atoms with Gasteiger partial charge in [-0.05, 0) is 30.1 Å². The summed E-state index contributed by atoms with van der Waals surface area (Å²) < 4.78 is 0. The van der Waals surface area contributed by atoms with E-state index in [1.165, 1.54) is 57.8 Å². The average molecular weight is 269 g/mol. The Morgan fingerprint density at radius 3 is 1.74 bits per heavy atom. The third-order valence-electron chi connectivity index (χ3n) is 5.02. The minimum atomic E-state index is 0.834. The fourth-order valence-corrected chi connectivity index (χ4v) is 3.07. The Labute approximate surface area is 123 Å². The van der Waals surface area contributed by atoms with Crippen LogP contribution in [0.3, 0.4) is 0 Å². The van der Waals surface area contributed by atoms with Gasteiger partial charge in [-0.15, -0.1) is 0 Å². The van der Waals surface area contributed by atoms with Gasteiger partial charge in [-0.2, -0.15) is 0 Å². The van der Waals surface area contributed by atoms with Crippen LogP contribution in [0.25, 0.3) is 0 Å². The van der Waals surface area contributed by atoms with E-state index in [9.17, 15) is 0 Å². The van der Waals surface area contributed by atoms with Gasteiger partial charge in [0.05, 0.1) is 0 Å². The zero-order valence-corrected chi connectivity index (χ0v) is 14.7. The van der Waals surface area contributed by atoms with Gasteiger partial charge in [-0.25, -0.2) is 0 Å². The summed E-state index contributed by atoms with van der Waals surface area (Å²) in [4.78, 5) is 0. The van der Waals surface area contributed by atoms with Crippen LogP contribution in [0.15, 0.2) is 0 Å². The predicted molar refractivity (Wildman–Crippen MR) is 89.6 cm³/mol. The number of unbranched alkanes of at least 4 members (excludes halogenated alkanes) is 6. The highest BCUT2D eigenvalue weighted by atomic mass is 14.2. The van der Waals surface area contributed by atoms with E-state index in [1.54, 1.807) is 0 Å². The standard InChI is InChI=1S/C19H40/c1-7-8-9-10-11-12-13-14-17(4)15-18(5)19(6)16(2)3/h16-19H,7-15H2,1-6H3. The SMILES string of the molecule is CCCCCCCCCC(C)CC(C)C(C)C(C)C. The van der Waals surface area contributed by atoms with Crippen molar-refractivity contribution >= 4 is 0 Å². The molecule has 0 heterocycles. The molecule has 0 fully saturated rings. The first-order valence-corrected chi connectivity index (χ1v) is 8.99. The first kappa shape index (κ1) is 19.0. The summed E-state index contributed by atoms with van der Waals surface area (Å²) in [5.41, 5.74) is 0. The molecule has 3 unspecified atom stereocenters. The van der Waals surface area contributed by atoms with Crippen LogP contribution in [0.4, 0.5) is 0 Å². The molecule has 0 spiro atoms. The average Bonchev–Trinajstić information content (AvgIpc) is 2.36. The number of hydrogen-bond acceptors (Lipinski definition) is 0. The molecular weight excluding hydrogens is 228 g/mol. The van der Waals surface area contributed by atoms with Crippen LogP contribution in [0, 0.1) is 23.7 Å². The van der Waals surface area contributed by atoms with Crippen molar-refractivity contribution in [1.29, 1.82) is 0 Å². The molecule has 19 heavy (non-hydrogen) atoms. The fraction of sp³-hybridized carbons (Fsp3) is 1.00. The molecule has 0 radical (unpaired) electrons. The molecule has 0 nitrogen and oxygen atoms in total.